The average molecular weight is 692 g/mol. The van der Waals surface area contributed by atoms with Crippen molar-refractivity contribution in [3.8, 4) is 0 Å². The number of amides is 1. The van der Waals surface area contributed by atoms with E-state index in [1.807, 2.05) is 0 Å². The van der Waals surface area contributed by atoms with Gasteiger partial charge in [0.25, 0.3) is 0 Å². The van der Waals surface area contributed by atoms with E-state index in [-0.39, 0.29) is 12.5 Å². The summed E-state index contributed by atoms with van der Waals surface area (Å²) in [5.41, 5.74) is 0. The third-order valence-electron chi connectivity index (χ3n) is 10.5. The Morgan fingerprint density at radius 2 is 0.776 bits per heavy atom. The van der Waals surface area contributed by atoms with Gasteiger partial charge in [0.1, 0.15) is 0 Å². The third-order valence-corrected chi connectivity index (χ3v) is 10.5. The molecule has 0 heterocycles. The molecule has 4 nitrogen and oxygen atoms in total. The SMILES string of the molecule is CCCCCCCCCCCCCC/C=C\CCCCCCCCCCC(=O)NC(CO)C(O)CCCCCCCCCCCCCCC. The van der Waals surface area contributed by atoms with Crippen molar-refractivity contribution < 1.29 is 15.0 Å². The zero-order chi connectivity index (χ0) is 35.7. The molecule has 0 saturated heterocycles. The lowest BCUT2D eigenvalue weighted by Crippen LogP contribution is -2.45. The van der Waals surface area contributed by atoms with Crippen LogP contribution in [0.1, 0.15) is 251 Å². The van der Waals surface area contributed by atoms with Crippen LogP contribution in [0.2, 0.25) is 0 Å². The van der Waals surface area contributed by atoms with Gasteiger partial charge in [-0.05, 0) is 38.5 Å². The van der Waals surface area contributed by atoms with E-state index < -0.39 is 12.1 Å². The molecule has 2 atom stereocenters. The highest BCUT2D eigenvalue weighted by Gasteiger charge is 2.20. The molecule has 1 amide bonds. The predicted molar refractivity (Wildman–Crippen MR) is 216 cm³/mol. The van der Waals surface area contributed by atoms with E-state index in [2.05, 4.69) is 31.3 Å². The van der Waals surface area contributed by atoms with Crippen LogP contribution in [0.25, 0.3) is 0 Å². The number of hydrogen-bond acceptors (Lipinski definition) is 3. The van der Waals surface area contributed by atoms with Gasteiger partial charge in [-0.25, -0.2) is 0 Å². The van der Waals surface area contributed by atoms with Crippen molar-refractivity contribution in [2.24, 2.45) is 0 Å². The van der Waals surface area contributed by atoms with Crippen LogP contribution in [0.5, 0.6) is 0 Å². The highest BCUT2D eigenvalue weighted by atomic mass is 16.3. The molecule has 0 aliphatic rings. The maximum Gasteiger partial charge on any atom is 0.220 e. The summed E-state index contributed by atoms with van der Waals surface area (Å²) in [5, 5.41) is 23.1. The lowest BCUT2D eigenvalue weighted by molar-refractivity contribution is -0.123. The Morgan fingerprint density at radius 1 is 0.469 bits per heavy atom. The lowest BCUT2D eigenvalue weighted by Gasteiger charge is -2.22. The normalized spacial score (nSPS) is 13.0. The Labute approximate surface area is 307 Å². The maximum absolute atomic E-state index is 12.4. The number of aliphatic hydroxyl groups is 2. The molecule has 0 aliphatic carbocycles. The van der Waals surface area contributed by atoms with Crippen LogP contribution in [-0.4, -0.2) is 34.9 Å². The van der Waals surface area contributed by atoms with Gasteiger partial charge in [0.05, 0.1) is 18.8 Å². The summed E-state index contributed by atoms with van der Waals surface area (Å²) in [7, 11) is 0. The van der Waals surface area contributed by atoms with Crippen LogP contribution in [-0.2, 0) is 4.79 Å². The van der Waals surface area contributed by atoms with Crippen molar-refractivity contribution >= 4 is 5.91 Å². The van der Waals surface area contributed by atoms with Crippen LogP contribution < -0.4 is 5.32 Å². The summed E-state index contributed by atoms with van der Waals surface area (Å²) >= 11 is 0. The van der Waals surface area contributed by atoms with E-state index in [1.165, 1.54) is 199 Å². The number of rotatable bonds is 41. The summed E-state index contributed by atoms with van der Waals surface area (Å²) in [6, 6.07) is -0.533. The number of carbonyl (C=O) groups is 1. The van der Waals surface area contributed by atoms with Gasteiger partial charge in [-0.15, -0.1) is 0 Å². The number of hydrogen-bond donors (Lipinski definition) is 3. The minimum absolute atomic E-state index is 0.0321. The van der Waals surface area contributed by atoms with Crippen LogP contribution >= 0.6 is 0 Å². The Morgan fingerprint density at radius 3 is 1.12 bits per heavy atom. The van der Waals surface area contributed by atoms with Crippen LogP contribution in [0, 0.1) is 0 Å². The fourth-order valence-corrected chi connectivity index (χ4v) is 7.06. The van der Waals surface area contributed by atoms with Crippen molar-refractivity contribution in [2.45, 2.75) is 264 Å². The topological polar surface area (TPSA) is 69.6 Å². The zero-order valence-corrected chi connectivity index (χ0v) is 33.5. The second-order valence-corrected chi connectivity index (χ2v) is 15.5. The molecule has 0 spiro atoms. The monoisotopic (exact) mass is 692 g/mol. The molecule has 49 heavy (non-hydrogen) atoms. The minimum Gasteiger partial charge on any atom is -0.394 e. The fraction of sp³-hybridized carbons (Fsp3) is 0.933. The zero-order valence-electron chi connectivity index (χ0n) is 33.5. The molecular formula is C45H89NO3. The van der Waals surface area contributed by atoms with E-state index >= 15 is 0 Å². The molecule has 0 aliphatic heterocycles. The third kappa shape index (κ3) is 38.2. The van der Waals surface area contributed by atoms with Crippen LogP contribution in [0.15, 0.2) is 12.2 Å². The first kappa shape index (κ1) is 48.1. The Hall–Kier alpha value is -0.870. The van der Waals surface area contributed by atoms with Crippen LogP contribution in [0.3, 0.4) is 0 Å². The van der Waals surface area contributed by atoms with Gasteiger partial charge in [-0.1, -0.05) is 219 Å². The molecule has 0 saturated carbocycles. The molecule has 0 fully saturated rings. The molecule has 0 aromatic rings. The molecule has 292 valence electrons. The Balaban J connectivity index is 3.47. The van der Waals surface area contributed by atoms with Crippen molar-refractivity contribution in [2.75, 3.05) is 6.61 Å². The summed E-state index contributed by atoms with van der Waals surface area (Å²) < 4.78 is 0. The van der Waals surface area contributed by atoms with Gasteiger partial charge >= 0.3 is 0 Å². The Kier molecular flexibility index (Phi) is 40.8. The molecule has 4 heteroatoms. The lowest BCUT2D eigenvalue weighted by atomic mass is 10.0. The van der Waals surface area contributed by atoms with Gasteiger partial charge in [-0.3, -0.25) is 4.79 Å². The molecule has 0 rings (SSSR count). The first-order valence-corrected chi connectivity index (χ1v) is 22.4. The second-order valence-electron chi connectivity index (χ2n) is 15.5. The van der Waals surface area contributed by atoms with E-state index in [1.54, 1.807) is 0 Å². The standard InChI is InChI=1S/C45H89NO3/c1-3-5-7-9-11-13-15-17-18-19-20-21-22-23-24-25-26-27-29-31-33-35-37-39-41-45(49)46-43(42-47)44(48)40-38-36-34-32-30-28-16-14-12-10-8-6-4-2/h23-24,43-44,47-48H,3-22,25-42H2,1-2H3,(H,46,49)/b24-23-. The molecule has 3 N–H and O–H groups in total. The van der Waals surface area contributed by atoms with Crippen molar-refractivity contribution in [1.82, 2.24) is 5.32 Å². The Bertz CT molecular complexity index is 666. The number of aliphatic hydroxyl groups excluding tert-OH is 2. The molecule has 0 bridgehead atoms. The molecule has 2 unspecified atom stereocenters. The van der Waals surface area contributed by atoms with Crippen molar-refractivity contribution in [1.29, 1.82) is 0 Å². The summed E-state index contributed by atoms with van der Waals surface area (Å²) in [5.74, 6) is -0.0321. The molecule has 0 aromatic carbocycles. The summed E-state index contributed by atoms with van der Waals surface area (Å²) in [4.78, 5) is 12.4. The van der Waals surface area contributed by atoms with E-state index in [0.29, 0.717) is 12.8 Å². The highest BCUT2D eigenvalue weighted by Crippen LogP contribution is 2.16. The number of carbonyl (C=O) groups excluding carboxylic acids is 1. The van der Waals surface area contributed by atoms with Gasteiger partial charge < -0.3 is 15.5 Å². The van der Waals surface area contributed by atoms with E-state index in [4.69, 9.17) is 0 Å². The molecule has 0 aromatic heterocycles. The van der Waals surface area contributed by atoms with Gasteiger partial charge in [0.2, 0.25) is 5.91 Å². The van der Waals surface area contributed by atoms with E-state index in [9.17, 15) is 15.0 Å². The fourth-order valence-electron chi connectivity index (χ4n) is 7.06. The summed E-state index contributed by atoms with van der Waals surface area (Å²) in [6.45, 7) is 4.37. The number of nitrogens with one attached hydrogen (secondary N) is 1. The molecular weight excluding hydrogens is 602 g/mol. The maximum atomic E-state index is 12.4. The van der Waals surface area contributed by atoms with Crippen LogP contribution in [0.4, 0.5) is 0 Å². The second kappa shape index (κ2) is 41.5. The number of allylic oxidation sites excluding steroid dienone is 2. The summed E-state index contributed by atoms with van der Waals surface area (Å²) in [6.07, 6.45) is 51.5. The smallest absolute Gasteiger partial charge is 0.220 e. The van der Waals surface area contributed by atoms with Crippen molar-refractivity contribution in [3.05, 3.63) is 12.2 Å². The largest absolute Gasteiger partial charge is 0.394 e. The van der Waals surface area contributed by atoms with Gasteiger partial charge in [-0.2, -0.15) is 0 Å². The van der Waals surface area contributed by atoms with Gasteiger partial charge in [0, 0.05) is 6.42 Å². The highest BCUT2D eigenvalue weighted by molar-refractivity contribution is 5.76. The van der Waals surface area contributed by atoms with Gasteiger partial charge in [0.15, 0.2) is 0 Å². The number of unbranched alkanes of at least 4 members (excludes halogenated alkanes) is 32. The molecule has 0 radical (unpaired) electrons. The van der Waals surface area contributed by atoms with Crippen molar-refractivity contribution in [3.63, 3.8) is 0 Å². The average Bonchev–Trinajstić information content (AvgIpc) is 3.10. The first-order chi connectivity index (χ1) is 24.2. The minimum atomic E-state index is -0.656. The first-order valence-electron chi connectivity index (χ1n) is 22.4. The van der Waals surface area contributed by atoms with E-state index in [0.717, 1.165) is 25.7 Å². The predicted octanol–water partition coefficient (Wildman–Crippen LogP) is 13.9. The quantitative estimate of drug-likeness (QED) is 0.0441.